The fourth-order valence-corrected chi connectivity index (χ4v) is 3.42. The molecule has 3 amide bonds. The molecule has 1 atom stereocenters. The highest BCUT2D eigenvalue weighted by Gasteiger charge is 2.34. The predicted octanol–water partition coefficient (Wildman–Crippen LogP) is 2.67. The molecule has 2 aromatic rings. The number of carbonyl (C=O) groups is 3. The molecule has 2 aromatic carbocycles. The fraction of sp³-hybridized carbons (Fsp3) is 0.286. The molecule has 0 spiro atoms. The van der Waals surface area contributed by atoms with Crippen molar-refractivity contribution < 1.29 is 23.9 Å². The van der Waals surface area contributed by atoms with Gasteiger partial charge in [-0.3, -0.25) is 19.3 Å². The summed E-state index contributed by atoms with van der Waals surface area (Å²) in [6.45, 7) is 2.31. The summed E-state index contributed by atoms with van der Waals surface area (Å²) in [5.41, 5.74) is 1.76. The molecule has 0 saturated carbocycles. The Morgan fingerprint density at radius 2 is 1.75 bits per heavy atom. The van der Waals surface area contributed by atoms with Crippen LogP contribution < -0.4 is 14.8 Å². The van der Waals surface area contributed by atoms with Gasteiger partial charge in [-0.1, -0.05) is 18.2 Å². The smallest absolute Gasteiger partial charge is 0.261 e. The van der Waals surface area contributed by atoms with Gasteiger partial charge in [-0.25, -0.2) is 0 Å². The number of hydrogen-bond donors (Lipinski definition) is 1. The number of nitrogens with zero attached hydrogens (tertiary/aromatic N) is 1. The summed E-state index contributed by atoms with van der Waals surface area (Å²) < 4.78 is 10.6. The van der Waals surface area contributed by atoms with Crippen LogP contribution in [0, 0.1) is 0 Å². The quantitative estimate of drug-likeness (QED) is 0.779. The van der Waals surface area contributed by atoms with Crippen molar-refractivity contribution in [3.63, 3.8) is 0 Å². The van der Waals surface area contributed by atoms with Gasteiger partial charge in [0.15, 0.2) is 11.5 Å². The number of nitrogens with one attached hydrogen (secondary N) is 1. The van der Waals surface area contributed by atoms with Crippen LogP contribution in [0.2, 0.25) is 0 Å². The van der Waals surface area contributed by atoms with Crippen molar-refractivity contribution in [3.8, 4) is 11.5 Å². The number of amides is 3. The minimum Gasteiger partial charge on any atom is -0.454 e. The molecule has 2 aliphatic heterocycles. The first kappa shape index (κ1) is 18.0. The average Bonchev–Trinajstić information content (AvgIpc) is 3.26. The van der Waals surface area contributed by atoms with E-state index in [2.05, 4.69) is 5.32 Å². The van der Waals surface area contributed by atoms with Gasteiger partial charge in [-0.2, -0.15) is 0 Å². The molecule has 0 radical (unpaired) electrons. The van der Waals surface area contributed by atoms with Gasteiger partial charge in [0.25, 0.3) is 11.8 Å². The fourth-order valence-electron chi connectivity index (χ4n) is 3.42. The molecule has 0 saturated heterocycles. The van der Waals surface area contributed by atoms with E-state index in [0.29, 0.717) is 29.0 Å². The lowest BCUT2D eigenvalue weighted by atomic mass is 10.1. The van der Waals surface area contributed by atoms with Gasteiger partial charge in [-0.15, -0.1) is 0 Å². The normalized spacial score (nSPS) is 15.5. The van der Waals surface area contributed by atoms with Crippen LogP contribution in [0.3, 0.4) is 0 Å². The number of hydrogen-bond acceptors (Lipinski definition) is 5. The number of benzene rings is 2. The van der Waals surface area contributed by atoms with E-state index in [4.69, 9.17) is 9.47 Å². The maximum atomic E-state index is 12.3. The summed E-state index contributed by atoms with van der Waals surface area (Å²) in [4.78, 5) is 38.1. The Labute approximate surface area is 162 Å². The van der Waals surface area contributed by atoms with Gasteiger partial charge in [0.1, 0.15) is 0 Å². The number of ether oxygens (including phenoxy) is 2. The van der Waals surface area contributed by atoms with Crippen LogP contribution in [-0.2, 0) is 4.79 Å². The zero-order valence-corrected chi connectivity index (χ0v) is 15.4. The highest BCUT2D eigenvalue weighted by molar-refractivity contribution is 6.21. The summed E-state index contributed by atoms with van der Waals surface area (Å²) in [6.07, 6.45) is 0.632. The molecule has 4 rings (SSSR count). The van der Waals surface area contributed by atoms with Crippen LogP contribution in [0.1, 0.15) is 52.1 Å². The third-order valence-corrected chi connectivity index (χ3v) is 4.94. The maximum Gasteiger partial charge on any atom is 0.261 e. The van der Waals surface area contributed by atoms with Crippen molar-refractivity contribution >= 4 is 17.7 Å². The number of fused-ring (bicyclic) bond motifs is 2. The van der Waals surface area contributed by atoms with Crippen molar-refractivity contribution in [2.24, 2.45) is 0 Å². The molecule has 7 heteroatoms. The Hall–Kier alpha value is -3.35. The van der Waals surface area contributed by atoms with E-state index in [0.717, 1.165) is 5.56 Å². The first-order valence-corrected chi connectivity index (χ1v) is 9.19. The van der Waals surface area contributed by atoms with Crippen molar-refractivity contribution in [2.75, 3.05) is 13.3 Å². The van der Waals surface area contributed by atoms with Crippen molar-refractivity contribution in [2.45, 2.75) is 25.8 Å². The zero-order chi connectivity index (χ0) is 19.7. The number of rotatable bonds is 6. The van der Waals surface area contributed by atoms with Crippen molar-refractivity contribution in [3.05, 3.63) is 59.2 Å². The van der Waals surface area contributed by atoms with Gasteiger partial charge in [-0.05, 0) is 43.2 Å². The van der Waals surface area contributed by atoms with Crippen LogP contribution in [-0.4, -0.2) is 36.0 Å². The van der Waals surface area contributed by atoms with Crippen LogP contribution in [0.4, 0.5) is 0 Å². The summed E-state index contributed by atoms with van der Waals surface area (Å²) in [5.74, 6) is 0.638. The van der Waals surface area contributed by atoms with Gasteiger partial charge >= 0.3 is 0 Å². The van der Waals surface area contributed by atoms with E-state index in [9.17, 15) is 14.4 Å². The molecule has 1 N–H and O–H groups in total. The second-order valence-corrected chi connectivity index (χ2v) is 6.81. The molecular weight excluding hydrogens is 360 g/mol. The topological polar surface area (TPSA) is 84.9 Å². The van der Waals surface area contributed by atoms with E-state index in [1.54, 1.807) is 24.3 Å². The third-order valence-electron chi connectivity index (χ3n) is 4.94. The van der Waals surface area contributed by atoms with Crippen LogP contribution >= 0.6 is 0 Å². The van der Waals surface area contributed by atoms with E-state index in [1.807, 2.05) is 25.1 Å². The number of carbonyl (C=O) groups excluding carboxylic acids is 3. The van der Waals surface area contributed by atoms with E-state index >= 15 is 0 Å². The highest BCUT2D eigenvalue weighted by Crippen LogP contribution is 2.34. The zero-order valence-electron chi connectivity index (χ0n) is 15.4. The largest absolute Gasteiger partial charge is 0.454 e. The third kappa shape index (κ3) is 3.31. The van der Waals surface area contributed by atoms with Gasteiger partial charge < -0.3 is 14.8 Å². The molecule has 28 heavy (non-hydrogen) atoms. The van der Waals surface area contributed by atoms with Crippen LogP contribution in [0.25, 0.3) is 0 Å². The van der Waals surface area contributed by atoms with E-state index in [1.165, 1.54) is 4.90 Å². The molecule has 0 bridgehead atoms. The summed E-state index contributed by atoms with van der Waals surface area (Å²) in [7, 11) is 0. The first-order chi connectivity index (χ1) is 13.5. The molecule has 2 aliphatic rings. The minimum atomic E-state index is -0.297. The Morgan fingerprint density at radius 3 is 2.46 bits per heavy atom. The van der Waals surface area contributed by atoms with Crippen LogP contribution in [0.5, 0.6) is 11.5 Å². The molecule has 0 aromatic heterocycles. The molecular formula is C21H20N2O5. The molecule has 0 aliphatic carbocycles. The predicted molar refractivity (Wildman–Crippen MR) is 100 cm³/mol. The molecule has 0 fully saturated rings. The Bertz CT molecular complexity index is 921. The van der Waals surface area contributed by atoms with Gasteiger partial charge in [0.05, 0.1) is 17.2 Å². The average molecular weight is 380 g/mol. The van der Waals surface area contributed by atoms with Crippen molar-refractivity contribution in [1.29, 1.82) is 0 Å². The standard InChI is InChI=1S/C21H20N2O5/c1-13(14-8-9-17-18(11-14)28-12-27-17)22-19(24)7-4-10-23-20(25)15-5-2-3-6-16(15)21(23)26/h2-3,5-6,8-9,11,13H,4,7,10,12H2,1H3,(H,22,24). The Balaban J connectivity index is 1.28. The Kier molecular flexibility index (Phi) is 4.73. The lowest BCUT2D eigenvalue weighted by Crippen LogP contribution is -2.32. The molecule has 7 nitrogen and oxygen atoms in total. The highest BCUT2D eigenvalue weighted by atomic mass is 16.7. The second kappa shape index (κ2) is 7.34. The monoisotopic (exact) mass is 380 g/mol. The molecule has 2 heterocycles. The van der Waals surface area contributed by atoms with Gasteiger partial charge in [0, 0.05) is 13.0 Å². The summed E-state index contributed by atoms with van der Waals surface area (Å²) in [6, 6.07) is 12.1. The minimum absolute atomic E-state index is 0.137. The van der Waals surface area contributed by atoms with Crippen LogP contribution in [0.15, 0.2) is 42.5 Å². The first-order valence-electron chi connectivity index (χ1n) is 9.19. The van der Waals surface area contributed by atoms with Gasteiger partial charge in [0.2, 0.25) is 12.7 Å². The summed E-state index contributed by atoms with van der Waals surface area (Å²) >= 11 is 0. The summed E-state index contributed by atoms with van der Waals surface area (Å²) in [5, 5.41) is 2.93. The SMILES string of the molecule is CC(NC(=O)CCCN1C(=O)c2ccccc2C1=O)c1ccc2c(c1)OCO2. The second-order valence-electron chi connectivity index (χ2n) is 6.81. The van der Waals surface area contributed by atoms with E-state index in [-0.39, 0.29) is 43.5 Å². The Morgan fingerprint density at radius 1 is 1.07 bits per heavy atom. The number of imide groups is 1. The molecule has 144 valence electrons. The lowest BCUT2D eigenvalue weighted by molar-refractivity contribution is -0.121. The van der Waals surface area contributed by atoms with E-state index < -0.39 is 0 Å². The van der Waals surface area contributed by atoms with Crippen molar-refractivity contribution in [1.82, 2.24) is 10.2 Å². The molecule has 1 unspecified atom stereocenters. The maximum absolute atomic E-state index is 12.3. The lowest BCUT2D eigenvalue weighted by Gasteiger charge is -2.16.